The summed E-state index contributed by atoms with van der Waals surface area (Å²) in [4.78, 5) is 11.3. The number of hydrogen-bond acceptors (Lipinski definition) is 3. The van der Waals surface area contributed by atoms with E-state index < -0.39 is 0 Å². The number of rotatable bonds is 3. The van der Waals surface area contributed by atoms with Gasteiger partial charge in [-0.05, 0) is 25.3 Å². The summed E-state index contributed by atoms with van der Waals surface area (Å²) in [6.45, 7) is 2.43. The Labute approximate surface area is 95.6 Å². The molecule has 1 aliphatic heterocycles. The van der Waals surface area contributed by atoms with Crippen LogP contribution in [0.3, 0.4) is 0 Å². The van der Waals surface area contributed by atoms with Gasteiger partial charge >= 0.3 is 0 Å². The zero-order chi connectivity index (χ0) is 11.5. The fraction of sp³-hybridized carbons (Fsp3) is 0.667. The zero-order valence-corrected chi connectivity index (χ0v) is 9.90. The number of ketones is 1. The van der Waals surface area contributed by atoms with E-state index >= 15 is 0 Å². The molecule has 0 aromatic carbocycles. The average Bonchev–Trinajstić information content (AvgIpc) is 2.61. The van der Waals surface area contributed by atoms with Gasteiger partial charge in [0.05, 0.1) is 11.8 Å². The predicted octanol–water partition coefficient (Wildman–Crippen LogP) is 1.73. The highest BCUT2D eigenvalue weighted by atomic mass is 16.5. The molecule has 88 valence electrons. The number of ether oxygens (including phenoxy) is 1. The third-order valence-corrected chi connectivity index (χ3v) is 3.00. The summed E-state index contributed by atoms with van der Waals surface area (Å²) in [5.41, 5.74) is 1.63. The Hall–Kier alpha value is -1.16. The molecule has 0 amide bonds. The van der Waals surface area contributed by atoms with Crippen LogP contribution in [-0.4, -0.2) is 28.3 Å². The predicted molar refractivity (Wildman–Crippen MR) is 60.5 cm³/mol. The van der Waals surface area contributed by atoms with E-state index in [0.29, 0.717) is 5.69 Å². The molecule has 0 radical (unpaired) electrons. The Bertz CT molecular complexity index is 378. The molecule has 4 nitrogen and oxygen atoms in total. The minimum absolute atomic E-state index is 0.0609. The molecule has 1 unspecified atom stereocenters. The SMILES string of the molecule is CC(=O)c1cc(CC2CCCCO2)nn1C. The molecule has 2 heterocycles. The van der Waals surface area contributed by atoms with Gasteiger partial charge < -0.3 is 4.74 Å². The van der Waals surface area contributed by atoms with Crippen LogP contribution in [-0.2, 0) is 18.2 Å². The second-order valence-electron chi connectivity index (χ2n) is 4.39. The van der Waals surface area contributed by atoms with Crippen molar-refractivity contribution in [1.29, 1.82) is 0 Å². The van der Waals surface area contributed by atoms with Gasteiger partial charge in [0.15, 0.2) is 5.78 Å². The molecule has 2 rings (SSSR count). The summed E-state index contributed by atoms with van der Waals surface area (Å²) in [7, 11) is 1.81. The van der Waals surface area contributed by atoms with Crippen molar-refractivity contribution in [2.45, 2.75) is 38.7 Å². The largest absolute Gasteiger partial charge is 0.378 e. The number of carbonyl (C=O) groups is 1. The van der Waals surface area contributed by atoms with Crippen LogP contribution in [0.2, 0.25) is 0 Å². The maximum absolute atomic E-state index is 11.3. The second-order valence-corrected chi connectivity index (χ2v) is 4.39. The summed E-state index contributed by atoms with van der Waals surface area (Å²) in [6, 6.07) is 1.88. The molecule has 1 aromatic heterocycles. The quantitative estimate of drug-likeness (QED) is 0.732. The molecule has 1 saturated heterocycles. The Morgan fingerprint density at radius 1 is 1.62 bits per heavy atom. The van der Waals surface area contributed by atoms with E-state index in [1.54, 1.807) is 11.6 Å². The molecule has 16 heavy (non-hydrogen) atoms. The first-order valence-corrected chi connectivity index (χ1v) is 5.82. The van der Waals surface area contributed by atoms with Crippen molar-refractivity contribution in [3.8, 4) is 0 Å². The summed E-state index contributed by atoms with van der Waals surface area (Å²) < 4.78 is 7.31. The summed E-state index contributed by atoms with van der Waals surface area (Å²) in [6.07, 6.45) is 4.60. The first-order chi connectivity index (χ1) is 7.66. The number of aryl methyl sites for hydroxylation is 1. The van der Waals surface area contributed by atoms with Crippen molar-refractivity contribution in [1.82, 2.24) is 9.78 Å². The van der Waals surface area contributed by atoms with Crippen LogP contribution in [0.5, 0.6) is 0 Å². The number of aromatic nitrogens is 2. The number of nitrogens with zero attached hydrogens (tertiary/aromatic N) is 2. The monoisotopic (exact) mass is 222 g/mol. The van der Waals surface area contributed by atoms with Gasteiger partial charge in [0.2, 0.25) is 0 Å². The van der Waals surface area contributed by atoms with Crippen molar-refractivity contribution in [3.63, 3.8) is 0 Å². The van der Waals surface area contributed by atoms with Gasteiger partial charge in [0.25, 0.3) is 0 Å². The minimum atomic E-state index is 0.0609. The molecule has 0 spiro atoms. The number of carbonyl (C=O) groups excluding carboxylic acids is 1. The van der Waals surface area contributed by atoms with Crippen molar-refractivity contribution < 1.29 is 9.53 Å². The zero-order valence-electron chi connectivity index (χ0n) is 9.90. The van der Waals surface area contributed by atoms with Gasteiger partial charge in [-0.1, -0.05) is 0 Å². The van der Waals surface area contributed by atoms with Crippen LogP contribution < -0.4 is 0 Å². The lowest BCUT2D eigenvalue weighted by atomic mass is 10.0. The second kappa shape index (κ2) is 4.78. The highest BCUT2D eigenvalue weighted by Crippen LogP contribution is 2.17. The molecule has 0 aliphatic carbocycles. The Balaban J connectivity index is 2.03. The number of hydrogen-bond donors (Lipinski definition) is 0. The van der Waals surface area contributed by atoms with Gasteiger partial charge in [0.1, 0.15) is 5.69 Å². The smallest absolute Gasteiger partial charge is 0.177 e. The molecule has 0 saturated carbocycles. The molecule has 1 aliphatic rings. The lowest BCUT2D eigenvalue weighted by Gasteiger charge is -2.21. The molecular weight excluding hydrogens is 204 g/mol. The molecule has 4 heteroatoms. The van der Waals surface area contributed by atoms with Gasteiger partial charge in [-0.25, -0.2) is 0 Å². The molecule has 0 N–H and O–H groups in total. The molecular formula is C12H18N2O2. The van der Waals surface area contributed by atoms with Crippen LogP contribution in [0.15, 0.2) is 6.07 Å². The van der Waals surface area contributed by atoms with Gasteiger partial charge in [-0.15, -0.1) is 0 Å². The van der Waals surface area contributed by atoms with E-state index in [1.165, 1.54) is 6.42 Å². The molecule has 1 fully saturated rings. The maximum atomic E-state index is 11.3. The summed E-state index contributed by atoms with van der Waals surface area (Å²) >= 11 is 0. The fourth-order valence-electron chi connectivity index (χ4n) is 2.16. The molecule has 1 aromatic rings. The first-order valence-electron chi connectivity index (χ1n) is 5.82. The first kappa shape index (κ1) is 11.3. The maximum Gasteiger partial charge on any atom is 0.177 e. The molecule has 1 atom stereocenters. The van der Waals surface area contributed by atoms with E-state index in [0.717, 1.165) is 31.6 Å². The van der Waals surface area contributed by atoms with Crippen LogP contribution in [0.4, 0.5) is 0 Å². The Morgan fingerprint density at radius 3 is 3.00 bits per heavy atom. The molecule has 0 bridgehead atoms. The Morgan fingerprint density at radius 2 is 2.44 bits per heavy atom. The van der Waals surface area contributed by atoms with Crippen molar-refractivity contribution >= 4 is 5.78 Å². The fourth-order valence-corrected chi connectivity index (χ4v) is 2.16. The van der Waals surface area contributed by atoms with Gasteiger partial charge in [-0.3, -0.25) is 9.48 Å². The van der Waals surface area contributed by atoms with Crippen molar-refractivity contribution in [2.24, 2.45) is 7.05 Å². The van der Waals surface area contributed by atoms with E-state index in [9.17, 15) is 4.79 Å². The standard InChI is InChI=1S/C12H18N2O2/c1-9(15)12-8-10(13-14(12)2)7-11-5-3-4-6-16-11/h8,11H,3-7H2,1-2H3. The third kappa shape index (κ3) is 2.50. The lowest BCUT2D eigenvalue weighted by Crippen LogP contribution is -2.21. The van der Waals surface area contributed by atoms with Crippen LogP contribution >= 0.6 is 0 Å². The lowest BCUT2D eigenvalue weighted by molar-refractivity contribution is 0.0162. The van der Waals surface area contributed by atoms with Crippen LogP contribution in [0, 0.1) is 0 Å². The van der Waals surface area contributed by atoms with Crippen LogP contribution in [0.25, 0.3) is 0 Å². The summed E-state index contributed by atoms with van der Waals surface area (Å²) in [5.74, 6) is 0.0609. The summed E-state index contributed by atoms with van der Waals surface area (Å²) in [5, 5.41) is 4.34. The average molecular weight is 222 g/mol. The van der Waals surface area contributed by atoms with Gasteiger partial charge in [-0.2, -0.15) is 5.10 Å². The number of Topliss-reactive ketones (excluding diaryl/α,β-unsaturated/α-hetero) is 1. The minimum Gasteiger partial charge on any atom is -0.378 e. The topological polar surface area (TPSA) is 44.1 Å². The highest BCUT2D eigenvalue weighted by molar-refractivity contribution is 5.92. The van der Waals surface area contributed by atoms with Crippen LogP contribution in [0.1, 0.15) is 42.4 Å². The third-order valence-electron chi connectivity index (χ3n) is 3.00. The van der Waals surface area contributed by atoms with E-state index in [2.05, 4.69) is 5.10 Å². The van der Waals surface area contributed by atoms with Gasteiger partial charge in [0, 0.05) is 27.0 Å². The van der Waals surface area contributed by atoms with E-state index in [-0.39, 0.29) is 11.9 Å². The van der Waals surface area contributed by atoms with Crippen molar-refractivity contribution in [2.75, 3.05) is 6.61 Å². The normalized spacial score (nSPS) is 21.0. The highest BCUT2D eigenvalue weighted by Gasteiger charge is 2.17. The van der Waals surface area contributed by atoms with E-state index in [1.807, 2.05) is 13.1 Å². The van der Waals surface area contributed by atoms with Crippen molar-refractivity contribution in [3.05, 3.63) is 17.5 Å². The Kier molecular flexibility index (Phi) is 3.39. The van der Waals surface area contributed by atoms with E-state index in [4.69, 9.17) is 4.74 Å².